The lowest BCUT2D eigenvalue weighted by atomic mass is 10.0. The van der Waals surface area contributed by atoms with Crippen molar-refractivity contribution >= 4 is 17.7 Å². The van der Waals surface area contributed by atoms with Gasteiger partial charge in [0.2, 0.25) is 11.7 Å². The van der Waals surface area contributed by atoms with Crippen molar-refractivity contribution in [3.8, 4) is 17.2 Å². The molecular formula is C21H27NO4S. The average molecular weight is 390 g/mol. The second kappa shape index (κ2) is 10.1. The number of amides is 1. The zero-order valence-electron chi connectivity index (χ0n) is 16.5. The van der Waals surface area contributed by atoms with Crippen molar-refractivity contribution in [1.82, 2.24) is 5.32 Å². The maximum atomic E-state index is 12.2. The van der Waals surface area contributed by atoms with Gasteiger partial charge in [0, 0.05) is 11.4 Å². The van der Waals surface area contributed by atoms with Crippen molar-refractivity contribution in [2.75, 3.05) is 27.1 Å². The highest BCUT2D eigenvalue weighted by Gasteiger charge is 2.13. The monoisotopic (exact) mass is 389 g/mol. The van der Waals surface area contributed by atoms with Gasteiger partial charge in [0.15, 0.2) is 11.5 Å². The summed E-state index contributed by atoms with van der Waals surface area (Å²) in [6.07, 6.45) is 0. The minimum Gasteiger partial charge on any atom is -0.493 e. The molecule has 0 aromatic heterocycles. The van der Waals surface area contributed by atoms with E-state index in [4.69, 9.17) is 14.2 Å². The van der Waals surface area contributed by atoms with Crippen molar-refractivity contribution < 1.29 is 19.0 Å². The second-order valence-electron chi connectivity index (χ2n) is 6.32. The number of ether oxygens (including phenoxy) is 3. The molecule has 6 heteroatoms. The number of benzene rings is 2. The Morgan fingerprint density at radius 3 is 2.07 bits per heavy atom. The largest absolute Gasteiger partial charge is 0.493 e. The summed E-state index contributed by atoms with van der Waals surface area (Å²) in [5.74, 6) is 2.52. The molecule has 27 heavy (non-hydrogen) atoms. The van der Waals surface area contributed by atoms with Crippen molar-refractivity contribution in [1.29, 1.82) is 0 Å². The van der Waals surface area contributed by atoms with Crippen LogP contribution in [0.1, 0.15) is 30.9 Å². The van der Waals surface area contributed by atoms with Crippen LogP contribution in [0.2, 0.25) is 0 Å². The van der Waals surface area contributed by atoms with Crippen molar-refractivity contribution in [2.24, 2.45) is 0 Å². The van der Waals surface area contributed by atoms with Gasteiger partial charge in [0.05, 0.1) is 27.1 Å². The van der Waals surface area contributed by atoms with Crippen molar-refractivity contribution in [3.05, 3.63) is 47.5 Å². The van der Waals surface area contributed by atoms with Crippen LogP contribution < -0.4 is 19.5 Å². The number of carbonyl (C=O) groups excluding carboxylic acids is 1. The summed E-state index contributed by atoms with van der Waals surface area (Å²) in [6, 6.07) is 12.0. The molecule has 0 spiro atoms. The lowest BCUT2D eigenvalue weighted by Gasteiger charge is -2.14. The summed E-state index contributed by atoms with van der Waals surface area (Å²) < 4.78 is 16.0. The van der Waals surface area contributed by atoms with Gasteiger partial charge in [-0.3, -0.25) is 4.79 Å². The number of hydrogen-bond donors (Lipinski definition) is 1. The lowest BCUT2D eigenvalue weighted by molar-refractivity contribution is -0.118. The highest BCUT2D eigenvalue weighted by molar-refractivity contribution is 8.00. The third kappa shape index (κ3) is 5.82. The Balaban J connectivity index is 1.91. The molecule has 0 radical (unpaired) electrons. The van der Waals surface area contributed by atoms with E-state index in [0.29, 0.717) is 35.5 Å². The van der Waals surface area contributed by atoms with Gasteiger partial charge in [-0.05, 0) is 41.3 Å². The third-order valence-electron chi connectivity index (χ3n) is 4.13. The Kier molecular flexibility index (Phi) is 7.85. The smallest absolute Gasteiger partial charge is 0.230 e. The number of thioether (sulfide) groups is 1. The van der Waals surface area contributed by atoms with Crippen LogP contribution in [0.5, 0.6) is 17.2 Å². The molecule has 146 valence electrons. The van der Waals surface area contributed by atoms with E-state index in [2.05, 4.69) is 43.4 Å². The van der Waals surface area contributed by atoms with Crippen LogP contribution >= 0.6 is 11.8 Å². The van der Waals surface area contributed by atoms with E-state index in [-0.39, 0.29) is 5.91 Å². The van der Waals surface area contributed by atoms with Gasteiger partial charge < -0.3 is 19.5 Å². The molecule has 0 aliphatic carbocycles. The van der Waals surface area contributed by atoms with Gasteiger partial charge >= 0.3 is 0 Å². The summed E-state index contributed by atoms with van der Waals surface area (Å²) >= 11 is 1.52. The third-order valence-corrected chi connectivity index (χ3v) is 5.14. The van der Waals surface area contributed by atoms with Crippen LogP contribution in [0, 0.1) is 0 Å². The van der Waals surface area contributed by atoms with Gasteiger partial charge in [0.1, 0.15) is 0 Å². The number of nitrogens with one attached hydrogen (secondary N) is 1. The fourth-order valence-electron chi connectivity index (χ4n) is 2.59. The fraction of sp³-hybridized carbons (Fsp3) is 0.381. The Morgan fingerprint density at radius 1 is 1.00 bits per heavy atom. The first-order valence-electron chi connectivity index (χ1n) is 8.76. The first-order valence-corrected chi connectivity index (χ1v) is 9.75. The molecule has 0 aliphatic rings. The van der Waals surface area contributed by atoms with E-state index < -0.39 is 0 Å². The summed E-state index contributed by atoms with van der Waals surface area (Å²) in [4.78, 5) is 13.3. The van der Waals surface area contributed by atoms with Gasteiger partial charge in [-0.1, -0.05) is 26.0 Å². The molecule has 5 nitrogen and oxygen atoms in total. The molecule has 0 aliphatic heterocycles. The Morgan fingerprint density at radius 2 is 1.59 bits per heavy atom. The van der Waals surface area contributed by atoms with Crippen LogP contribution in [0.4, 0.5) is 0 Å². The second-order valence-corrected chi connectivity index (χ2v) is 7.37. The minimum absolute atomic E-state index is 0.0262. The summed E-state index contributed by atoms with van der Waals surface area (Å²) in [5, 5.41) is 2.93. The normalized spacial score (nSPS) is 10.6. The molecule has 1 N–H and O–H groups in total. The van der Waals surface area contributed by atoms with E-state index in [1.54, 1.807) is 21.3 Å². The van der Waals surface area contributed by atoms with E-state index in [1.165, 1.54) is 17.3 Å². The molecule has 2 rings (SSSR count). The van der Waals surface area contributed by atoms with E-state index in [9.17, 15) is 4.79 Å². The molecule has 1 amide bonds. The SMILES string of the molecule is COc1cc(CNC(=O)CSc2ccc(C(C)C)cc2)cc(OC)c1OC. The average Bonchev–Trinajstić information content (AvgIpc) is 2.69. The maximum absolute atomic E-state index is 12.2. The standard InChI is InChI=1S/C21H27NO4S/c1-14(2)16-6-8-17(9-7-16)27-13-20(23)22-12-15-10-18(24-3)21(26-5)19(11-15)25-4/h6-11,14H,12-13H2,1-5H3,(H,22,23). The van der Waals surface area contributed by atoms with E-state index in [0.717, 1.165) is 10.5 Å². The van der Waals surface area contributed by atoms with Gasteiger partial charge in [-0.25, -0.2) is 0 Å². The predicted molar refractivity (Wildman–Crippen MR) is 109 cm³/mol. The first-order chi connectivity index (χ1) is 13.0. The molecule has 2 aromatic rings. The maximum Gasteiger partial charge on any atom is 0.230 e. The first kappa shape index (κ1) is 21.0. The zero-order valence-corrected chi connectivity index (χ0v) is 17.3. The Labute approximate surface area is 165 Å². The topological polar surface area (TPSA) is 56.8 Å². The molecule has 0 saturated carbocycles. The Hall–Kier alpha value is -2.34. The van der Waals surface area contributed by atoms with Gasteiger partial charge in [0.25, 0.3) is 0 Å². The predicted octanol–water partition coefficient (Wildman–Crippen LogP) is 4.24. The minimum atomic E-state index is -0.0262. The fourth-order valence-corrected chi connectivity index (χ4v) is 3.32. The highest BCUT2D eigenvalue weighted by atomic mass is 32.2. The lowest BCUT2D eigenvalue weighted by Crippen LogP contribution is -2.24. The van der Waals surface area contributed by atoms with Crippen LogP contribution in [-0.4, -0.2) is 33.0 Å². The van der Waals surface area contributed by atoms with Gasteiger partial charge in [-0.2, -0.15) is 0 Å². The van der Waals surface area contributed by atoms with Crippen molar-refractivity contribution in [2.45, 2.75) is 31.2 Å². The quantitative estimate of drug-likeness (QED) is 0.650. The zero-order chi connectivity index (χ0) is 19.8. The molecule has 0 bridgehead atoms. The van der Waals surface area contributed by atoms with Crippen LogP contribution in [0.15, 0.2) is 41.3 Å². The Bertz CT molecular complexity index is 734. The van der Waals surface area contributed by atoms with Gasteiger partial charge in [-0.15, -0.1) is 11.8 Å². The summed E-state index contributed by atoms with van der Waals surface area (Å²) in [5.41, 5.74) is 2.18. The summed E-state index contributed by atoms with van der Waals surface area (Å²) in [6.45, 7) is 4.72. The molecule has 2 aromatic carbocycles. The van der Waals surface area contributed by atoms with Crippen LogP contribution in [-0.2, 0) is 11.3 Å². The van der Waals surface area contributed by atoms with E-state index in [1.807, 2.05) is 12.1 Å². The highest BCUT2D eigenvalue weighted by Crippen LogP contribution is 2.38. The number of rotatable bonds is 9. The van der Waals surface area contributed by atoms with Crippen molar-refractivity contribution in [3.63, 3.8) is 0 Å². The summed E-state index contributed by atoms with van der Waals surface area (Å²) in [7, 11) is 4.70. The molecule has 0 atom stereocenters. The molecule has 0 heterocycles. The number of methoxy groups -OCH3 is 3. The van der Waals surface area contributed by atoms with Crippen LogP contribution in [0.3, 0.4) is 0 Å². The van der Waals surface area contributed by atoms with Crippen LogP contribution in [0.25, 0.3) is 0 Å². The molecule has 0 fully saturated rings. The number of carbonyl (C=O) groups is 1. The molecule has 0 unspecified atom stereocenters. The number of hydrogen-bond acceptors (Lipinski definition) is 5. The molecular weight excluding hydrogens is 362 g/mol. The van der Waals surface area contributed by atoms with E-state index >= 15 is 0 Å². The molecule has 0 saturated heterocycles.